The average molecular weight is 504 g/mol. The van der Waals surface area contributed by atoms with Crippen molar-refractivity contribution in [2.75, 3.05) is 0 Å². The molecule has 3 heterocycles. The van der Waals surface area contributed by atoms with Crippen molar-refractivity contribution in [3.8, 4) is 0 Å². The van der Waals surface area contributed by atoms with Crippen molar-refractivity contribution < 1.29 is 28.8 Å². The van der Waals surface area contributed by atoms with Crippen molar-refractivity contribution in [3.63, 3.8) is 0 Å². The summed E-state index contributed by atoms with van der Waals surface area (Å²) in [6, 6.07) is 10.9. The number of carbonyl (C=O) groups excluding carboxylic acids is 3. The minimum Gasteiger partial charge on any atom is -0.422 e. The molecule has 4 aliphatic rings. The summed E-state index contributed by atoms with van der Waals surface area (Å²) in [7, 11) is 0. The van der Waals surface area contributed by atoms with Crippen molar-refractivity contribution in [1.29, 1.82) is 0 Å². The molecule has 0 amide bonds. The lowest BCUT2D eigenvalue weighted by Gasteiger charge is -2.47. The Kier molecular flexibility index (Phi) is 5.18. The molecule has 190 valence electrons. The van der Waals surface area contributed by atoms with Crippen molar-refractivity contribution in [1.82, 2.24) is 5.01 Å². The molecule has 37 heavy (non-hydrogen) atoms. The lowest BCUT2D eigenvalue weighted by Crippen LogP contribution is -2.60. The van der Waals surface area contributed by atoms with Gasteiger partial charge in [-0.15, -0.1) is 0 Å². The van der Waals surface area contributed by atoms with Gasteiger partial charge >= 0.3 is 11.9 Å². The molecule has 1 aliphatic carbocycles. The Hall–Kier alpha value is -4.08. The zero-order valence-electron chi connectivity index (χ0n) is 20.2. The van der Waals surface area contributed by atoms with Crippen LogP contribution in [-0.2, 0) is 23.9 Å². The van der Waals surface area contributed by atoms with Crippen LogP contribution in [0.1, 0.15) is 67.7 Å². The Balaban J connectivity index is 1.58. The fraction of sp³-hybridized carbons (Fsp3) is 0.407. The van der Waals surface area contributed by atoms with E-state index < -0.39 is 46.1 Å². The molecule has 2 saturated heterocycles. The molecule has 3 fully saturated rings. The zero-order valence-corrected chi connectivity index (χ0v) is 20.2. The lowest BCUT2D eigenvalue weighted by molar-refractivity contribution is -0.384. The molecule has 10 heteroatoms. The monoisotopic (exact) mass is 503 g/mol. The Morgan fingerprint density at radius 1 is 1.03 bits per heavy atom. The summed E-state index contributed by atoms with van der Waals surface area (Å²) >= 11 is 0. The topological polar surface area (TPSA) is 128 Å². The van der Waals surface area contributed by atoms with E-state index in [-0.39, 0.29) is 11.5 Å². The molecule has 2 spiro atoms. The number of carbonyl (C=O) groups is 3. The summed E-state index contributed by atoms with van der Waals surface area (Å²) < 4.78 is 12.1. The van der Waals surface area contributed by atoms with Crippen LogP contribution >= 0.6 is 0 Å². The lowest BCUT2D eigenvalue weighted by atomic mass is 9.65. The second-order valence-corrected chi connectivity index (χ2v) is 10.2. The third-order valence-corrected chi connectivity index (χ3v) is 8.14. The van der Waals surface area contributed by atoms with Crippen LogP contribution in [0.4, 0.5) is 5.69 Å². The third-order valence-electron chi connectivity index (χ3n) is 8.14. The van der Waals surface area contributed by atoms with Gasteiger partial charge in [0.05, 0.1) is 11.1 Å². The van der Waals surface area contributed by atoms with Gasteiger partial charge in [-0.05, 0) is 36.5 Å². The quantitative estimate of drug-likeness (QED) is 0.268. The van der Waals surface area contributed by atoms with E-state index in [9.17, 15) is 24.5 Å². The van der Waals surface area contributed by atoms with Gasteiger partial charge in [-0.1, -0.05) is 42.8 Å². The molecule has 1 saturated carbocycles. The van der Waals surface area contributed by atoms with Gasteiger partial charge in [0.25, 0.3) is 11.5 Å². The number of ether oxygens (including phenoxy) is 2. The number of non-ortho nitro benzene ring substituents is 1. The third kappa shape index (κ3) is 3.24. The van der Waals surface area contributed by atoms with E-state index in [1.54, 1.807) is 18.3 Å². The first-order valence-corrected chi connectivity index (χ1v) is 12.4. The van der Waals surface area contributed by atoms with Crippen LogP contribution in [0.2, 0.25) is 0 Å². The Labute approximate surface area is 212 Å². The Bertz CT molecular complexity index is 1330. The molecule has 10 nitrogen and oxygen atoms in total. The van der Waals surface area contributed by atoms with Gasteiger partial charge in [-0.3, -0.25) is 29.5 Å². The highest BCUT2D eigenvalue weighted by Gasteiger charge is 2.75. The van der Waals surface area contributed by atoms with Crippen LogP contribution in [0.25, 0.3) is 0 Å². The summed E-state index contributed by atoms with van der Waals surface area (Å²) in [6.07, 6.45) is 4.92. The number of hydrogen-bond donors (Lipinski definition) is 0. The molecule has 6 rings (SSSR count). The van der Waals surface area contributed by atoms with Crippen molar-refractivity contribution in [2.24, 2.45) is 10.5 Å². The second kappa shape index (κ2) is 8.22. The zero-order chi connectivity index (χ0) is 25.9. The Morgan fingerprint density at radius 2 is 1.68 bits per heavy atom. The number of nitro groups is 1. The van der Waals surface area contributed by atoms with E-state index in [2.05, 4.69) is 5.10 Å². The number of hydrogen-bond acceptors (Lipinski definition) is 9. The Morgan fingerprint density at radius 3 is 2.30 bits per heavy atom. The van der Waals surface area contributed by atoms with E-state index in [1.807, 2.05) is 12.1 Å². The van der Waals surface area contributed by atoms with Crippen LogP contribution in [-0.4, -0.2) is 45.7 Å². The van der Waals surface area contributed by atoms with E-state index in [4.69, 9.17) is 9.47 Å². The highest BCUT2D eigenvalue weighted by atomic mass is 16.7. The largest absolute Gasteiger partial charge is 0.422 e. The first-order valence-electron chi connectivity index (χ1n) is 12.4. The minimum atomic E-state index is -1.94. The highest BCUT2D eigenvalue weighted by molar-refractivity contribution is 6.07. The van der Waals surface area contributed by atoms with Crippen LogP contribution < -0.4 is 0 Å². The van der Waals surface area contributed by atoms with E-state index in [0.717, 1.165) is 19.3 Å². The number of nitro benzene ring substituents is 1. The second-order valence-electron chi connectivity index (χ2n) is 10.2. The van der Waals surface area contributed by atoms with E-state index >= 15 is 0 Å². The summed E-state index contributed by atoms with van der Waals surface area (Å²) in [6.45, 7) is 1.39. The predicted octanol–water partition coefficient (Wildman–Crippen LogP) is 3.79. The van der Waals surface area contributed by atoms with Gasteiger partial charge in [0.2, 0.25) is 5.41 Å². The molecule has 0 N–H and O–H groups in total. The number of rotatable bonds is 3. The van der Waals surface area contributed by atoms with Crippen LogP contribution in [0.5, 0.6) is 0 Å². The number of benzene rings is 2. The number of hydrazone groups is 1. The highest BCUT2D eigenvalue weighted by Crippen LogP contribution is 2.63. The smallest absolute Gasteiger partial charge is 0.330 e. The van der Waals surface area contributed by atoms with Gasteiger partial charge in [0, 0.05) is 30.9 Å². The summed E-state index contributed by atoms with van der Waals surface area (Å²) in [5, 5.41) is 17.4. The van der Waals surface area contributed by atoms with Gasteiger partial charge < -0.3 is 9.47 Å². The first-order chi connectivity index (χ1) is 17.8. The summed E-state index contributed by atoms with van der Waals surface area (Å²) in [5.41, 5.74) is -0.300. The maximum Gasteiger partial charge on any atom is 0.330 e. The SMILES string of the molecule is CC(=O)[C@@H]1[C@@H](c2ccc([N+](=O)[O-])cc2)C2(C(=O)OC3(CCCCC3)OC2=O)[C@H]2c3ccccc3C=NN12. The molecule has 3 aliphatic heterocycles. The van der Waals surface area contributed by atoms with Gasteiger partial charge in [0.1, 0.15) is 12.1 Å². The molecule has 3 atom stereocenters. The molecular weight excluding hydrogens is 478 g/mol. The molecule has 0 bridgehead atoms. The number of Topliss-reactive ketones (excluding diaryl/α,β-unsaturated/α-hetero) is 1. The molecule has 2 aromatic rings. The molecule has 2 aromatic carbocycles. The molecular formula is C27H25N3O7. The van der Waals surface area contributed by atoms with Gasteiger partial charge in [-0.25, -0.2) is 0 Å². The molecule has 0 radical (unpaired) electrons. The number of fused-ring (bicyclic) bond motifs is 4. The predicted molar refractivity (Wildman–Crippen MR) is 129 cm³/mol. The van der Waals surface area contributed by atoms with Gasteiger partial charge in [-0.2, -0.15) is 5.10 Å². The van der Waals surface area contributed by atoms with E-state index in [0.29, 0.717) is 29.5 Å². The van der Waals surface area contributed by atoms with Crippen molar-refractivity contribution in [3.05, 3.63) is 75.3 Å². The minimum absolute atomic E-state index is 0.147. The molecule has 0 aromatic heterocycles. The van der Waals surface area contributed by atoms with Gasteiger partial charge in [0.15, 0.2) is 5.78 Å². The maximum absolute atomic E-state index is 14.3. The standard InChI is InChI=1S/C27H25N3O7/c1-16(31)22-21(17-9-11-19(12-10-17)30(34)35)27(23-20-8-4-3-7-18(20)15-28-29(22)23)24(32)36-26(37-25(27)33)13-5-2-6-14-26/h3-4,7-12,15,21-23H,2,5-6,13-14H2,1H3/t21-,22-,23-/m1/s1. The van der Waals surface area contributed by atoms with Crippen LogP contribution in [0.3, 0.4) is 0 Å². The molecule has 0 unspecified atom stereocenters. The van der Waals surface area contributed by atoms with Crippen LogP contribution in [0.15, 0.2) is 53.6 Å². The number of esters is 2. The van der Waals surface area contributed by atoms with Crippen molar-refractivity contribution in [2.45, 2.75) is 62.8 Å². The number of nitrogens with zero attached hydrogens (tertiary/aromatic N) is 3. The fourth-order valence-electron chi connectivity index (χ4n) is 6.53. The first kappa shape index (κ1) is 23.3. The van der Waals surface area contributed by atoms with Crippen LogP contribution in [0, 0.1) is 15.5 Å². The summed E-state index contributed by atoms with van der Waals surface area (Å²) in [5.74, 6) is -4.16. The fourth-order valence-corrected chi connectivity index (χ4v) is 6.53. The summed E-state index contributed by atoms with van der Waals surface area (Å²) in [4.78, 5) is 52.5. The van der Waals surface area contributed by atoms with Crippen molar-refractivity contribution >= 4 is 29.6 Å². The maximum atomic E-state index is 14.3. The normalized spacial score (nSPS) is 26.8. The van der Waals surface area contributed by atoms with E-state index in [1.165, 1.54) is 36.2 Å². The number of ketones is 1. The average Bonchev–Trinajstić information content (AvgIpc) is 3.21.